The van der Waals surface area contributed by atoms with Gasteiger partial charge in [0, 0.05) is 25.7 Å². The van der Waals surface area contributed by atoms with Gasteiger partial charge in [0.15, 0.2) is 6.04 Å². The molecular formula is C32H43N3O4. The van der Waals surface area contributed by atoms with Gasteiger partial charge in [-0.15, -0.1) is 0 Å². The second-order valence-corrected chi connectivity index (χ2v) is 10.9. The van der Waals surface area contributed by atoms with Crippen molar-refractivity contribution in [3.8, 4) is 0 Å². The van der Waals surface area contributed by atoms with Crippen LogP contribution < -0.4 is 0 Å². The molecule has 0 spiro atoms. The van der Waals surface area contributed by atoms with Crippen LogP contribution in [0.25, 0.3) is 0 Å². The number of hydrogen-bond donors (Lipinski definition) is 1. The molecule has 0 aromatic heterocycles. The van der Waals surface area contributed by atoms with Gasteiger partial charge >= 0.3 is 12.0 Å². The maximum atomic E-state index is 14.3. The lowest BCUT2D eigenvalue weighted by Gasteiger charge is -2.47. The van der Waals surface area contributed by atoms with Gasteiger partial charge in [-0.2, -0.15) is 0 Å². The summed E-state index contributed by atoms with van der Waals surface area (Å²) in [5.74, 6) is -1.64. The number of carbonyl (C=O) groups excluding carboxylic acids is 2. The molecule has 7 nitrogen and oxygen atoms in total. The van der Waals surface area contributed by atoms with Crippen LogP contribution in [-0.2, 0) is 9.59 Å². The third kappa shape index (κ3) is 6.45. The molecule has 2 bridgehead atoms. The quantitative estimate of drug-likeness (QED) is 0.352. The average molecular weight is 534 g/mol. The fourth-order valence-corrected chi connectivity index (χ4v) is 6.30. The van der Waals surface area contributed by atoms with Gasteiger partial charge in [0.05, 0.1) is 12.0 Å². The van der Waals surface area contributed by atoms with Crippen molar-refractivity contribution in [1.82, 2.24) is 14.7 Å². The van der Waals surface area contributed by atoms with Crippen LogP contribution in [0.3, 0.4) is 0 Å². The Balaban J connectivity index is 1.61. The summed E-state index contributed by atoms with van der Waals surface area (Å²) in [6, 6.07) is 17.4. The Bertz CT molecular complexity index is 1040. The highest BCUT2D eigenvalue weighted by Gasteiger charge is 2.54. The predicted octanol–water partition coefficient (Wildman–Crippen LogP) is 5.75. The number of urea groups is 1. The SMILES string of the molecule is CCCCCN(CCCCC)C(=O)N1C[C@@H]2CCC([C@H]1C(=O)O)N2C(=O)C(c1ccccc1)c1ccccc1. The zero-order chi connectivity index (χ0) is 27.8. The third-order valence-electron chi connectivity index (χ3n) is 8.25. The molecule has 2 aromatic carbocycles. The molecule has 0 saturated carbocycles. The lowest BCUT2D eigenvalue weighted by atomic mass is 9.88. The van der Waals surface area contributed by atoms with E-state index in [2.05, 4.69) is 13.8 Å². The van der Waals surface area contributed by atoms with Crippen molar-refractivity contribution in [2.45, 2.75) is 89.3 Å². The fraction of sp³-hybridized carbons (Fsp3) is 0.531. The monoisotopic (exact) mass is 533 g/mol. The molecule has 0 aliphatic carbocycles. The number of rotatable bonds is 12. The number of unbranched alkanes of at least 4 members (excludes halogenated alkanes) is 4. The Labute approximate surface area is 232 Å². The minimum atomic E-state index is -1.05. The first kappa shape index (κ1) is 28.7. The normalized spacial score (nSPS) is 20.3. The Morgan fingerprint density at radius 2 is 1.38 bits per heavy atom. The van der Waals surface area contributed by atoms with E-state index in [1.54, 1.807) is 4.90 Å². The number of piperazine rings is 1. The number of fused-ring (bicyclic) bond motifs is 2. The van der Waals surface area contributed by atoms with Gasteiger partial charge in [-0.1, -0.05) is 100 Å². The molecule has 3 atom stereocenters. The highest BCUT2D eigenvalue weighted by Crippen LogP contribution is 2.39. The molecule has 4 rings (SSSR count). The van der Waals surface area contributed by atoms with Gasteiger partial charge in [-0.05, 0) is 36.8 Å². The highest BCUT2D eigenvalue weighted by molar-refractivity contribution is 5.90. The third-order valence-corrected chi connectivity index (χ3v) is 8.25. The Kier molecular flexibility index (Phi) is 10.0. The molecule has 210 valence electrons. The van der Waals surface area contributed by atoms with Gasteiger partial charge in [0.1, 0.15) is 0 Å². The largest absolute Gasteiger partial charge is 0.480 e. The standard InChI is InChI=1S/C32H43N3O4/c1-3-5-13-21-33(22-14-6-4-2)32(39)34-23-26-19-20-27(29(34)31(37)38)35(26)30(36)28(24-15-9-7-10-16-24)25-17-11-8-12-18-25/h7-12,15-18,26-29H,3-6,13-14,19-23H2,1-2H3,(H,37,38)/t26-,27?,29-/m0/s1. The van der Waals surface area contributed by atoms with Crippen molar-refractivity contribution in [1.29, 1.82) is 0 Å². The zero-order valence-electron chi connectivity index (χ0n) is 23.4. The number of amides is 3. The summed E-state index contributed by atoms with van der Waals surface area (Å²) in [4.78, 5) is 46.1. The number of carboxylic acids is 1. The number of hydrogen-bond acceptors (Lipinski definition) is 3. The minimum Gasteiger partial charge on any atom is -0.480 e. The number of aliphatic carboxylic acids is 1. The molecule has 7 heteroatoms. The van der Waals surface area contributed by atoms with Crippen LogP contribution in [-0.4, -0.2) is 75.5 Å². The number of nitrogens with zero attached hydrogens (tertiary/aromatic N) is 3. The summed E-state index contributed by atoms with van der Waals surface area (Å²) in [5, 5.41) is 10.4. The van der Waals surface area contributed by atoms with Crippen LogP contribution in [0.15, 0.2) is 60.7 Å². The molecular weight excluding hydrogens is 490 g/mol. The predicted molar refractivity (Wildman–Crippen MR) is 153 cm³/mol. The molecule has 1 unspecified atom stereocenters. The molecule has 1 N–H and O–H groups in total. The van der Waals surface area contributed by atoms with Crippen LogP contribution in [0.1, 0.15) is 82.3 Å². The summed E-state index contributed by atoms with van der Waals surface area (Å²) in [5.41, 5.74) is 1.77. The zero-order valence-corrected chi connectivity index (χ0v) is 23.4. The van der Waals surface area contributed by atoms with Gasteiger partial charge in [-0.25, -0.2) is 9.59 Å². The topological polar surface area (TPSA) is 81.2 Å². The fourth-order valence-electron chi connectivity index (χ4n) is 6.30. The van der Waals surface area contributed by atoms with Crippen LogP contribution in [0.5, 0.6) is 0 Å². The summed E-state index contributed by atoms with van der Waals surface area (Å²) in [7, 11) is 0. The first-order valence-electron chi connectivity index (χ1n) is 14.7. The molecule has 2 saturated heterocycles. The van der Waals surface area contributed by atoms with Crippen molar-refractivity contribution < 1.29 is 19.5 Å². The van der Waals surface area contributed by atoms with E-state index in [1.165, 1.54) is 0 Å². The summed E-state index contributed by atoms with van der Waals surface area (Å²) in [6.07, 6.45) is 7.29. The smallest absolute Gasteiger partial charge is 0.328 e. The second kappa shape index (κ2) is 13.6. The summed E-state index contributed by atoms with van der Waals surface area (Å²) in [6.45, 7) is 5.81. The molecule has 0 radical (unpaired) electrons. The first-order chi connectivity index (χ1) is 19.0. The van der Waals surface area contributed by atoms with Gasteiger partial charge in [-0.3, -0.25) is 4.79 Å². The molecule has 2 aromatic rings. The van der Waals surface area contributed by atoms with E-state index in [-0.39, 0.29) is 24.5 Å². The van der Waals surface area contributed by atoms with Crippen molar-refractivity contribution in [3.63, 3.8) is 0 Å². The van der Waals surface area contributed by atoms with Gasteiger partial charge in [0.2, 0.25) is 5.91 Å². The number of carboxylic acid groups (broad SMARTS) is 1. The van der Waals surface area contributed by atoms with Crippen LogP contribution >= 0.6 is 0 Å². The van der Waals surface area contributed by atoms with E-state index in [9.17, 15) is 19.5 Å². The first-order valence-corrected chi connectivity index (χ1v) is 14.7. The second-order valence-electron chi connectivity index (χ2n) is 10.9. The maximum Gasteiger partial charge on any atom is 0.328 e. The van der Waals surface area contributed by atoms with Crippen LogP contribution in [0, 0.1) is 0 Å². The van der Waals surface area contributed by atoms with E-state index in [1.807, 2.05) is 70.5 Å². The Morgan fingerprint density at radius 3 is 1.87 bits per heavy atom. The lowest BCUT2D eigenvalue weighted by Crippen LogP contribution is -2.67. The van der Waals surface area contributed by atoms with Crippen molar-refractivity contribution in [2.24, 2.45) is 0 Å². The number of benzene rings is 2. The molecule has 2 fully saturated rings. The van der Waals surface area contributed by atoms with E-state index < -0.39 is 24.0 Å². The Morgan fingerprint density at radius 1 is 0.846 bits per heavy atom. The van der Waals surface area contributed by atoms with Crippen LogP contribution in [0.2, 0.25) is 0 Å². The molecule has 2 aliphatic rings. The maximum absolute atomic E-state index is 14.3. The van der Waals surface area contributed by atoms with Crippen LogP contribution in [0.4, 0.5) is 4.79 Å². The lowest BCUT2D eigenvalue weighted by molar-refractivity contribution is -0.151. The average Bonchev–Trinajstić information content (AvgIpc) is 3.25. The van der Waals surface area contributed by atoms with Crippen molar-refractivity contribution in [2.75, 3.05) is 19.6 Å². The van der Waals surface area contributed by atoms with Gasteiger partial charge < -0.3 is 19.8 Å². The van der Waals surface area contributed by atoms with Gasteiger partial charge in [0.25, 0.3) is 0 Å². The Hall–Kier alpha value is -3.35. The van der Waals surface area contributed by atoms with E-state index in [0.29, 0.717) is 25.9 Å². The molecule has 2 heterocycles. The van der Waals surface area contributed by atoms with E-state index in [4.69, 9.17) is 0 Å². The minimum absolute atomic E-state index is 0.0824. The summed E-state index contributed by atoms with van der Waals surface area (Å²) >= 11 is 0. The molecule has 39 heavy (non-hydrogen) atoms. The highest BCUT2D eigenvalue weighted by atomic mass is 16.4. The molecule has 2 aliphatic heterocycles. The van der Waals surface area contributed by atoms with Crippen molar-refractivity contribution in [3.05, 3.63) is 71.8 Å². The number of likely N-dealkylation sites (tertiary alicyclic amines) is 1. The molecule has 3 amide bonds. The van der Waals surface area contributed by atoms with E-state index in [0.717, 1.165) is 49.7 Å². The summed E-state index contributed by atoms with van der Waals surface area (Å²) < 4.78 is 0. The number of carbonyl (C=O) groups is 3. The van der Waals surface area contributed by atoms with Crippen molar-refractivity contribution >= 4 is 17.9 Å². The van der Waals surface area contributed by atoms with E-state index >= 15 is 0 Å².